The van der Waals surface area contributed by atoms with Crippen LogP contribution in [0.15, 0.2) is 81.1 Å². The smallest absolute Gasteiger partial charge is 0.282 e. The first-order valence-electron chi connectivity index (χ1n) is 11.8. The van der Waals surface area contributed by atoms with Gasteiger partial charge in [-0.2, -0.15) is 9.78 Å². The maximum Gasteiger partial charge on any atom is 0.282 e. The van der Waals surface area contributed by atoms with Gasteiger partial charge < -0.3 is 4.74 Å². The molecule has 1 saturated carbocycles. The minimum absolute atomic E-state index is 0.0936. The van der Waals surface area contributed by atoms with E-state index in [9.17, 15) is 9.18 Å². The molecule has 1 aliphatic carbocycles. The van der Waals surface area contributed by atoms with E-state index in [0.29, 0.717) is 33.6 Å². The number of para-hydroxylation sites is 1. The molecule has 3 aromatic carbocycles. The lowest BCUT2D eigenvalue weighted by atomic mass is 9.88. The van der Waals surface area contributed by atoms with Crippen LogP contribution in [0.2, 0.25) is 0 Å². The molecular weight excluding hydrogens is 509 g/mol. The van der Waals surface area contributed by atoms with Gasteiger partial charge >= 0.3 is 0 Å². The zero-order valence-corrected chi connectivity index (χ0v) is 20.7. The summed E-state index contributed by atoms with van der Waals surface area (Å²) in [7, 11) is 0. The van der Waals surface area contributed by atoms with Crippen LogP contribution in [-0.2, 0) is 6.61 Å². The summed E-state index contributed by atoms with van der Waals surface area (Å²) >= 11 is 3.46. The Balaban J connectivity index is 1.52. The maximum atomic E-state index is 14.0. The van der Waals surface area contributed by atoms with Crippen molar-refractivity contribution in [3.63, 3.8) is 0 Å². The van der Waals surface area contributed by atoms with E-state index in [-0.39, 0.29) is 23.9 Å². The van der Waals surface area contributed by atoms with Crippen LogP contribution in [0.3, 0.4) is 0 Å². The summed E-state index contributed by atoms with van der Waals surface area (Å²) in [6, 6.07) is 19.5. The van der Waals surface area contributed by atoms with Crippen molar-refractivity contribution >= 4 is 33.0 Å². The number of fused-ring (bicyclic) bond motifs is 1. The first kappa shape index (κ1) is 23.4. The van der Waals surface area contributed by atoms with E-state index in [2.05, 4.69) is 21.0 Å². The van der Waals surface area contributed by atoms with Gasteiger partial charge in [0.1, 0.15) is 24.0 Å². The van der Waals surface area contributed by atoms with Gasteiger partial charge in [-0.25, -0.2) is 9.37 Å². The molecular formula is C28H25BrFN3O2. The summed E-state index contributed by atoms with van der Waals surface area (Å²) < 4.78 is 22.2. The molecule has 0 saturated heterocycles. The molecule has 5 rings (SSSR count). The van der Waals surface area contributed by atoms with Gasteiger partial charge in [-0.15, -0.1) is 0 Å². The van der Waals surface area contributed by atoms with Gasteiger partial charge in [0, 0.05) is 21.5 Å². The molecule has 0 spiro atoms. The van der Waals surface area contributed by atoms with Crippen molar-refractivity contribution in [3.05, 3.63) is 104 Å². The zero-order chi connectivity index (χ0) is 24.2. The fourth-order valence-corrected chi connectivity index (χ4v) is 4.87. The Morgan fingerprint density at radius 1 is 1.06 bits per heavy atom. The molecule has 0 amide bonds. The molecule has 0 aliphatic heterocycles. The molecule has 1 fully saturated rings. The van der Waals surface area contributed by atoms with Crippen LogP contribution < -0.4 is 10.3 Å². The number of hydrogen-bond donors (Lipinski definition) is 0. The number of rotatable bonds is 6. The lowest BCUT2D eigenvalue weighted by Crippen LogP contribution is -2.25. The zero-order valence-electron chi connectivity index (χ0n) is 19.2. The SMILES string of the molecule is O=c1c2cc(Br)ccc2nc(C2CCCCC2)n1N=Cc1ccccc1OCc1ccccc1F. The van der Waals surface area contributed by atoms with Crippen molar-refractivity contribution < 1.29 is 9.13 Å². The predicted molar refractivity (Wildman–Crippen MR) is 140 cm³/mol. The highest BCUT2D eigenvalue weighted by Crippen LogP contribution is 2.32. The molecule has 5 nitrogen and oxygen atoms in total. The number of benzene rings is 3. The van der Waals surface area contributed by atoms with Crippen LogP contribution in [0.4, 0.5) is 4.39 Å². The number of nitrogens with zero attached hydrogens (tertiary/aromatic N) is 3. The molecule has 0 bridgehead atoms. The highest BCUT2D eigenvalue weighted by atomic mass is 79.9. The third kappa shape index (κ3) is 5.20. The maximum absolute atomic E-state index is 14.0. The van der Waals surface area contributed by atoms with Crippen molar-refractivity contribution in [2.24, 2.45) is 5.10 Å². The Morgan fingerprint density at radius 3 is 2.66 bits per heavy atom. The number of aromatic nitrogens is 2. The number of halogens is 2. The van der Waals surface area contributed by atoms with Crippen LogP contribution in [0.5, 0.6) is 5.75 Å². The van der Waals surface area contributed by atoms with Gasteiger partial charge in [-0.05, 0) is 49.2 Å². The number of ether oxygens (including phenoxy) is 1. The summed E-state index contributed by atoms with van der Waals surface area (Å²) in [5.41, 5.74) is 1.65. The van der Waals surface area contributed by atoms with E-state index >= 15 is 0 Å². The topological polar surface area (TPSA) is 56.5 Å². The average Bonchev–Trinajstić information content (AvgIpc) is 2.89. The lowest BCUT2D eigenvalue weighted by molar-refractivity contribution is 0.299. The lowest BCUT2D eigenvalue weighted by Gasteiger charge is -2.22. The van der Waals surface area contributed by atoms with E-state index in [4.69, 9.17) is 9.72 Å². The van der Waals surface area contributed by atoms with Crippen molar-refractivity contribution in [2.45, 2.75) is 44.6 Å². The summed E-state index contributed by atoms with van der Waals surface area (Å²) in [5, 5.41) is 5.13. The van der Waals surface area contributed by atoms with Crippen molar-refractivity contribution in [1.29, 1.82) is 0 Å². The monoisotopic (exact) mass is 533 g/mol. The Hall–Kier alpha value is -3.32. The van der Waals surface area contributed by atoms with Crippen LogP contribution in [0, 0.1) is 5.82 Å². The molecule has 4 aromatic rings. The van der Waals surface area contributed by atoms with E-state index < -0.39 is 0 Å². The van der Waals surface area contributed by atoms with Crippen LogP contribution >= 0.6 is 15.9 Å². The second-order valence-corrected chi connectivity index (χ2v) is 9.66. The number of hydrogen-bond acceptors (Lipinski definition) is 4. The Bertz CT molecular complexity index is 1440. The molecule has 7 heteroatoms. The van der Waals surface area contributed by atoms with Crippen molar-refractivity contribution in [2.75, 3.05) is 0 Å². The highest BCUT2D eigenvalue weighted by molar-refractivity contribution is 9.10. The molecule has 0 unspecified atom stereocenters. The molecule has 35 heavy (non-hydrogen) atoms. The van der Waals surface area contributed by atoms with Crippen LogP contribution in [-0.4, -0.2) is 15.9 Å². The second kappa shape index (κ2) is 10.5. The Morgan fingerprint density at radius 2 is 1.83 bits per heavy atom. The second-order valence-electron chi connectivity index (χ2n) is 8.75. The fraction of sp³-hybridized carbons (Fsp3) is 0.250. The van der Waals surface area contributed by atoms with Crippen molar-refractivity contribution in [1.82, 2.24) is 9.66 Å². The van der Waals surface area contributed by atoms with E-state index in [1.165, 1.54) is 17.2 Å². The first-order chi connectivity index (χ1) is 17.1. The van der Waals surface area contributed by atoms with Gasteiger partial charge in [0.05, 0.1) is 17.1 Å². The van der Waals surface area contributed by atoms with Gasteiger partial charge in [-0.1, -0.05) is 65.5 Å². The third-order valence-corrected chi connectivity index (χ3v) is 6.87. The molecule has 0 N–H and O–H groups in total. The largest absolute Gasteiger partial charge is 0.488 e. The molecule has 1 aromatic heterocycles. The summed E-state index contributed by atoms with van der Waals surface area (Å²) in [4.78, 5) is 18.4. The fourth-order valence-electron chi connectivity index (χ4n) is 4.51. The molecule has 1 heterocycles. The third-order valence-electron chi connectivity index (χ3n) is 6.38. The van der Waals surface area contributed by atoms with Crippen LogP contribution in [0.25, 0.3) is 10.9 Å². The Kier molecular flexibility index (Phi) is 7.04. The summed E-state index contributed by atoms with van der Waals surface area (Å²) in [6.45, 7) is 0.0936. The van der Waals surface area contributed by atoms with E-state index in [1.807, 2.05) is 36.4 Å². The van der Waals surface area contributed by atoms with Gasteiger partial charge in [0.25, 0.3) is 5.56 Å². The normalized spacial score (nSPS) is 14.6. The summed E-state index contributed by atoms with van der Waals surface area (Å²) in [6.07, 6.45) is 7.05. The van der Waals surface area contributed by atoms with Gasteiger partial charge in [0.2, 0.25) is 0 Å². The highest BCUT2D eigenvalue weighted by Gasteiger charge is 2.22. The van der Waals surface area contributed by atoms with E-state index in [0.717, 1.165) is 30.2 Å². The predicted octanol–water partition coefficient (Wildman–Crippen LogP) is 6.81. The minimum atomic E-state index is -0.310. The van der Waals surface area contributed by atoms with Crippen LogP contribution in [0.1, 0.15) is 55.0 Å². The molecule has 0 radical (unpaired) electrons. The van der Waals surface area contributed by atoms with Gasteiger partial charge in [-0.3, -0.25) is 4.79 Å². The summed E-state index contributed by atoms with van der Waals surface area (Å²) in [5.74, 6) is 1.14. The Labute approximate surface area is 211 Å². The standard InChI is InChI=1S/C28H25BrFN3O2/c29-22-14-15-25-23(16-22)28(34)33(27(32-25)19-8-2-1-3-9-19)31-17-20-10-5-7-13-26(20)35-18-21-11-4-6-12-24(21)30/h4-7,10-17,19H,1-3,8-9,18H2. The molecule has 1 aliphatic rings. The minimum Gasteiger partial charge on any atom is -0.488 e. The molecule has 0 atom stereocenters. The van der Waals surface area contributed by atoms with Gasteiger partial charge in [0.15, 0.2) is 0 Å². The first-order valence-corrected chi connectivity index (χ1v) is 12.6. The quantitative estimate of drug-likeness (QED) is 0.256. The van der Waals surface area contributed by atoms with E-state index in [1.54, 1.807) is 30.5 Å². The molecule has 178 valence electrons. The average molecular weight is 534 g/mol. The van der Waals surface area contributed by atoms with Crippen molar-refractivity contribution in [3.8, 4) is 5.75 Å².